The van der Waals surface area contributed by atoms with Crippen molar-refractivity contribution in [3.63, 3.8) is 0 Å². The number of amides is 1. The standard InChI is InChI=1S/C15H17NO7/c1-8-6-4-5-7-11(8)16-14(19)12(22-9(2)17)13(15(20)21)23-10(3)18/h4-7,12-13H,1-3H3,(H,16,19)(H,20,21)/t12-,13-/m0/s1. The minimum absolute atomic E-state index is 0.418. The Hall–Kier alpha value is -2.90. The molecular weight excluding hydrogens is 306 g/mol. The lowest BCUT2D eigenvalue weighted by molar-refractivity contribution is -0.179. The number of hydrogen-bond acceptors (Lipinski definition) is 6. The van der Waals surface area contributed by atoms with Crippen LogP contribution in [0, 0.1) is 6.92 Å². The second-order valence-corrected chi connectivity index (χ2v) is 4.70. The van der Waals surface area contributed by atoms with Gasteiger partial charge < -0.3 is 19.9 Å². The summed E-state index contributed by atoms with van der Waals surface area (Å²) in [5, 5.41) is 11.6. The first kappa shape index (κ1) is 18.1. The van der Waals surface area contributed by atoms with Crippen LogP contribution < -0.4 is 5.32 Å². The van der Waals surface area contributed by atoms with E-state index >= 15 is 0 Å². The third kappa shape index (κ3) is 5.42. The highest BCUT2D eigenvalue weighted by atomic mass is 16.6. The van der Waals surface area contributed by atoms with Crippen LogP contribution in [0.2, 0.25) is 0 Å². The fourth-order valence-electron chi connectivity index (χ4n) is 1.77. The minimum Gasteiger partial charge on any atom is -0.478 e. The van der Waals surface area contributed by atoms with Crippen molar-refractivity contribution in [1.29, 1.82) is 0 Å². The van der Waals surface area contributed by atoms with Crippen LogP contribution in [-0.4, -0.2) is 41.1 Å². The number of esters is 2. The van der Waals surface area contributed by atoms with E-state index in [1.54, 1.807) is 31.2 Å². The van der Waals surface area contributed by atoms with Gasteiger partial charge in [0.2, 0.25) is 12.2 Å². The van der Waals surface area contributed by atoms with Crippen LogP contribution in [0.3, 0.4) is 0 Å². The number of carbonyl (C=O) groups is 4. The Morgan fingerprint density at radius 1 is 1.00 bits per heavy atom. The van der Waals surface area contributed by atoms with Crippen molar-refractivity contribution in [2.45, 2.75) is 33.0 Å². The van der Waals surface area contributed by atoms with E-state index in [4.69, 9.17) is 9.84 Å². The summed E-state index contributed by atoms with van der Waals surface area (Å²) in [4.78, 5) is 45.7. The average molecular weight is 323 g/mol. The molecule has 0 saturated heterocycles. The summed E-state index contributed by atoms with van der Waals surface area (Å²) in [5.41, 5.74) is 1.14. The lowest BCUT2D eigenvalue weighted by atomic mass is 10.1. The van der Waals surface area contributed by atoms with Crippen LogP contribution in [-0.2, 0) is 28.7 Å². The molecule has 0 aliphatic heterocycles. The van der Waals surface area contributed by atoms with E-state index in [-0.39, 0.29) is 0 Å². The summed E-state index contributed by atoms with van der Waals surface area (Å²) in [6.07, 6.45) is -3.76. The molecule has 0 saturated carbocycles. The average Bonchev–Trinajstić information content (AvgIpc) is 2.44. The molecule has 1 amide bonds. The number of carboxylic acids is 1. The maximum absolute atomic E-state index is 12.3. The highest BCUT2D eigenvalue weighted by Crippen LogP contribution is 2.16. The Balaban J connectivity index is 3.06. The lowest BCUT2D eigenvalue weighted by Gasteiger charge is -2.22. The Kier molecular flexibility index (Phi) is 6.25. The predicted octanol–water partition coefficient (Wildman–Crippen LogP) is 0.882. The van der Waals surface area contributed by atoms with Gasteiger partial charge in [-0.05, 0) is 18.6 Å². The van der Waals surface area contributed by atoms with Crippen LogP contribution >= 0.6 is 0 Å². The molecule has 2 N–H and O–H groups in total. The van der Waals surface area contributed by atoms with Gasteiger partial charge in [-0.3, -0.25) is 14.4 Å². The van der Waals surface area contributed by atoms with E-state index in [0.717, 1.165) is 19.4 Å². The number of hydrogen-bond donors (Lipinski definition) is 2. The number of aliphatic carboxylic acids is 1. The maximum atomic E-state index is 12.3. The SMILES string of the molecule is CC(=O)O[C@H](C(=O)O)[C@H](OC(C)=O)C(=O)Nc1ccccc1C. The van der Waals surface area contributed by atoms with Crippen LogP contribution in [0.4, 0.5) is 5.69 Å². The third-order valence-corrected chi connectivity index (χ3v) is 2.77. The van der Waals surface area contributed by atoms with Crippen molar-refractivity contribution in [1.82, 2.24) is 0 Å². The number of para-hydroxylation sites is 1. The first-order chi connectivity index (χ1) is 10.7. The van der Waals surface area contributed by atoms with E-state index in [1.807, 2.05) is 0 Å². The summed E-state index contributed by atoms with van der Waals surface area (Å²) >= 11 is 0. The zero-order chi connectivity index (χ0) is 17.6. The zero-order valence-electron chi connectivity index (χ0n) is 12.9. The molecule has 0 aliphatic carbocycles. The lowest BCUT2D eigenvalue weighted by Crippen LogP contribution is -2.47. The molecule has 8 heteroatoms. The number of carboxylic acid groups (broad SMARTS) is 1. The molecule has 0 bridgehead atoms. The number of nitrogens with one attached hydrogen (secondary N) is 1. The summed E-state index contributed by atoms with van der Waals surface area (Å²) in [6, 6.07) is 6.76. The number of carbonyl (C=O) groups excluding carboxylic acids is 3. The van der Waals surface area contributed by atoms with Crippen molar-refractivity contribution < 1.29 is 33.8 Å². The number of rotatable bonds is 6. The van der Waals surface area contributed by atoms with Crippen molar-refractivity contribution in [3.8, 4) is 0 Å². The Morgan fingerprint density at radius 2 is 1.52 bits per heavy atom. The maximum Gasteiger partial charge on any atom is 0.349 e. The molecule has 0 aromatic heterocycles. The minimum atomic E-state index is -1.94. The second-order valence-electron chi connectivity index (χ2n) is 4.70. The van der Waals surface area contributed by atoms with Crippen molar-refractivity contribution >= 4 is 29.5 Å². The molecule has 2 atom stereocenters. The number of anilines is 1. The van der Waals surface area contributed by atoms with Gasteiger partial charge in [-0.25, -0.2) is 4.79 Å². The van der Waals surface area contributed by atoms with E-state index in [2.05, 4.69) is 10.1 Å². The molecule has 1 aromatic carbocycles. The monoisotopic (exact) mass is 323 g/mol. The third-order valence-electron chi connectivity index (χ3n) is 2.77. The second kappa shape index (κ2) is 7.92. The van der Waals surface area contributed by atoms with Gasteiger partial charge in [0.25, 0.3) is 5.91 Å². The van der Waals surface area contributed by atoms with Gasteiger partial charge in [-0.1, -0.05) is 18.2 Å². The van der Waals surface area contributed by atoms with Crippen molar-refractivity contribution in [2.24, 2.45) is 0 Å². The molecule has 0 radical (unpaired) electrons. The molecule has 0 spiro atoms. The van der Waals surface area contributed by atoms with E-state index < -0.39 is 36.0 Å². The number of aryl methyl sites for hydroxylation is 1. The molecule has 0 fully saturated rings. The number of benzene rings is 1. The topological polar surface area (TPSA) is 119 Å². The zero-order valence-corrected chi connectivity index (χ0v) is 12.9. The summed E-state index contributed by atoms with van der Waals surface area (Å²) in [6.45, 7) is 3.73. The molecule has 0 aliphatic rings. The molecule has 124 valence electrons. The Morgan fingerprint density at radius 3 is 2.00 bits per heavy atom. The highest BCUT2D eigenvalue weighted by molar-refractivity contribution is 5.99. The van der Waals surface area contributed by atoms with Gasteiger partial charge in [-0.15, -0.1) is 0 Å². The van der Waals surface area contributed by atoms with E-state index in [9.17, 15) is 19.2 Å². The van der Waals surface area contributed by atoms with Gasteiger partial charge >= 0.3 is 17.9 Å². The van der Waals surface area contributed by atoms with E-state index in [0.29, 0.717) is 5.69 Å². The highest BCUT2D eigenvalue weighted by Gasteiger charge is 2.39. The van der Waals surface area contributed by atoms with Crippen LogP contribution in [0.1, 0.15) is 19.4 Å². The first-order valence-corrected chi connectivity index (χ1v) is 6.66. The van der Waals surface area contributed by atoms with Crippen LogP contribution in [0.25, 0.3) is 0 Å². The predicted molar refractivity (Wildman–Crippen MR) is 78.6 cm³/mol. The Bertz CT molecular complexity index is 626. The summed E-state index contributed by atoms with van der Waals surface area (Å²) in [5.74, 6) is -4.32. The fraction of sp³-hybridized carbons (Fsp3) is 0.333. The Labute approximate surface area is 132 Å². The first-order valence-electron chi connectivity index (χ1n) is 6.66. The van der Waals surface area contributed by atoms with Gasteiger partial charge in [0.15, 0.2) is 0 Å². The normalized spacial score (nSPS) is 12.7. The molecule has 0 heterocycles. The van der Waals surface area contributed by atoms with Gasteiger partial charge in [0.1, 0.15) is 0 Å². The number of ether oxygens (including phenoxy) is 2. The molecule has 1 rings (SSSR count). The summed E-state index contributed by atoms with van der Waals surface area (Å²) < 4.78 is 9.33. The van der Waals surface area contributed by atoms with E-state index in [1.165, 1.54) is 0 Å². The molecular formula is C15H17NO7. The van der Waals surface area contributed by atoms with Crippen LogP contribution in [0.5, 0.6) is 0 Å². The van der Waals surface area contributed by atoms with Crippen LogP contribution in [0.15, 0.2) is 24.3 Å². The molecule has 0 unspecified atom stereocenters. The van der Waals surface area contributed by atoms with Gasteiger partial charge in [0.05, 0.1) is 0 Å². The summed E-state index contributed by atoms with van der Waals surface area (Å²) in [7, 11) is 0. The quantitative estimate of drug-likeness (QED) is 0.746. The smallest absolute Gasteiger partial charge is 0.349 e. The van der Waals surface area contributed by atoms with Crippen molar-refractivity contribution in [3.05, 3.63) is 29.8 Å². The van der Waals surface area contributed by atoms with Gasteiger partial charge in [-0.2, -0.15) is 0 Å². The molecule has 1 aromatic rings. The van der Waals surface area contributed by atoms with Crippen molar-refractivity contribution in [2.75, 3.05) is 5.32 Å². The fourth-order valence-corrected chi connectivity index (χ4v) is 1.77. The van der Waals surface area contributed by atoms with Gasteiger partial charge in [0, 0.05) is 19.5 Å². The largest absolute Gasteiger partial charge is 0.478 e. The molecule has 23 heavy (non-hydrogen) atoms. The molecule has 8 nitrogen and oxygen atoms in total.